The quantitative estimate of drug-likeness (QED) is 0.249. The van der Waals surface area contributed by atoms with Crippen molar-refractivity contribution in [2.45, 2.75) is 38.9 Å². The third kappa shape index (κ3) is 4.73. The number of aromatic nitrogens is 2. The smallest absolute Gasteiger partial charge is 0.204 e. The summed E-state index contributed by atoms with van der Waals surface area (Å²) in [4.78, 5) is 4.83. The lowest BCUT2D eigenvalue weighted by Crippen LogP contribution is -2.18. The van der Waals surface area contributed by atoms with E-state index in [9.17, 15) is 0 Å². The molecule has 0 saturated carbocycles. The SMILES string of the molecule is CCCn1c(NCc2ccc(N3N=C(c4ccccc4)C[C@H]3c3ccccc3)cc2)nc2ccccc21. The Balaban J connectivity index is 1.24. The molecule has 5 aromatic rings. The van der Waals surface area contributed by atoms with Gasteiger partial charge in [-0.2, -0.15) is 5.10 Å². The molecule has 0 spiro atoms. The first kappa shape index (κ1) is 23.0. The molecule has 1 aliphatic heterocycles. The van der Waals surface area contributed by atoms with Gasteiger partial charge in [-0.05, 0) is 47.4 Å². The highest BCUT2D eigenvalue weighted by Crippen LogP contribution is 2.36. The van der Waals surface area contributed by atoms with Crippen molar-refractivity contribution in [3.63, 3.8) is 0 Å². The number of anilines is 2. The van der Waals surface area contributed by atoms with Gasteiger partial charge in [-0.15, -0.1) is 0 Å². The number of aryl methyl sites for hydroxylation is 1. The molecule has 4 aromatic carbocycles. The number of imidazole rings is 1. The fourth-order valence-electron chi connectivity index (χ4n) is 5.10. The maximum Gasteiger partial charge on any atom is 0.204 e. The van der Waals surface area contributed by atoms with Crippen LogP contribution in [0.1, 0.15) is 42.5 Å². The van der Waals surface area contributed by atoms with Crippen molar-refractivity contribution in [1.29, 1.82) is 0 Å². The maximum atomic E-state index is 5.09. The fourth-order valence-corrected chi connectivity index (χ4v) is 5.10. The lowest BCUT2D eigenvalue weighted by atomic mass is 9.98. The minimum absolute atomic E-state index is 0.175. The molecule has 1 N–H and O–H groups in total. The van der Waals surface area contributed by atoms with Gasteiger partial charge in [-0.3, -0.25) is 5.01 Å². The lowest BCUT2D eigenvalue weighted by molar-refractivity contribution is 0.700. The van der Waals surface area contributed by atoms with Crippen LogP contribution < -0.4 is 10.3 Å². The van der Waals surface area contributed by atoms with Gasteiger partial charge in [0.15, 0.2) is 0 Å². The van der Waals surface area contributed by atoms with Crippen LogP contribution in [0.5, 0.6) is 0 Å². The summed E-state index contributed by atoms with van der Waals surface area (Å²) in [5, 5.41) is 10.8. The van der Waals surface area contributed by atoms with E-state index in [0.717, 1.165) is 42.3 Å². The fraction of sp³-hybridized carbons (Fsp3) is 0.188. The first-order chi connectivity index (χ1) is 18.3. The number of hydrazone groups is 1. The van der Waals surface area contributed by atoms with E-state index in [0.29, 0.717) is 6.54 Å². The van der Waals surface area contributed by atoms with Crippen molar-refractivity contribution in [2.75, 3.05) is 10.3 Å². The Kier molecular flexibility index (Phi) is 6.42. The van der Waals surface area contributed by atoms with Crippen molar-refractivity contribution >= 4 is 28.4 Å². The van der Waals surface area contributed by atoms with Gasteiger partial charge in [0.25, 0.3) is 0 Å². The van der Waals surface area contributed by atoms with E-state index >= 15 is 0 Å². The molecule has 0 fully saturated rings. The van der Waals surface area contributed by atoms with Crippen LogP contribution in [0.2, 0.25) is 0 Å². The number of para-hydroxylation sites is 2. The highest BCUT2D eigenvalue weighted by atomic mass is 15.5. The van der Waals surface area contributed by atoms with Crippen LogP contribution in [0.25, 0.3) is 11.0 Å². The summed E-state index contributed by atoms with van der Waals surface area (Å²) in [6, 6.07) is 38.4. The van der Waals surface area contributed by atoms with E-state index in [-0.39, 0.29) is 6.04 Å². The molecular formula is C32H31N5. The summed E-state index contributed by atoms with van der Waals surface area (Å²) in [5.41, 5.74) is 8.09. The monoisotopic (exact) mass is 485 g/mol. The maximum absolute atomic E-state index is 5.09. The normalized spacial score (nSPS) is 15.2. The molecule has 0 amide bonds. The molecular weight excluding hydrogens is 454 g/mol. The molecule has 1 aliphatic rings. The first-order valence-electron chi connectivity index (χ1n) is 13.1. The van der Waals surface area contributed by atoms with Gasteiger partial charge in [-0.1, -0.05) is 91.9 Å². The molecule has 1 aromatic heterocycles. The summed E-state index contributed by atoms with van der Waals surface area (Å²) >= 11 is 0. The molecule has 6 rings (SSSR count). The summed E-state index contributed by atoms with van der Waals surface area (Å²) in [6.07, 6.45) is 1.94. The highest BCUT2D eigenvalue weighted by Gasteiger charge is 2.29. The van der Waals surface area contributed by atoms with E-state index in [1.54, 1.807) is 0 Å². The predicted octanol–water partition coefficient (Wildman–Crippen LogP) is 7.41. The van der Waals surface area contributed by atoms with E-state index in [1.165, 1.54) is 22.2 Å². The minimum Gasteiger partial charge on any atom is -0.352 e. The Morgan fingerprint density at radius 2 is 1.51 bits per heavy atom. The average Bonchev–Trinajstić information content (AvgIpc) is 3.56. The van der Waals surface area contributed by atoms with Crippen LogP contribution in [0.15, 0.2) is 114 Å². The predicted molar refractivity (Wildman–Crippen MR) is 153 cm³/mol. The molecule has 0 bridgehead atoms. The Hall–Kier alpha value is -4.38. The molecule has 5 heteroatoms. The largest absolute Gasteiger partial charge is 0.352 e. The highest BCUT2D eigenvalue weighted by molar-refractivity contribution is 6.03. The minimum atomic E-state index is 0.175. The summed E-state index contributed by atoms with van der Waals surface area (Å²) < 4.78 is 2.28. The molecule has 0 saturated heterocycles. The van der Waals surface area contributed by atoms with Gasteiger partial charge in [0.1, 0.15) is 0 Å². The molecule has 0 aliphatic carbocycles. The lowest BCUT2D eigenvalue weighted by Gasteiger charge is -2.24. The third-order valence-corrected chi connectivity index (χ3v) is 6.95. The van der Waals surface area contributed by atoms with Gasteiger partial charge in [-0.25, -0.2) is 4.98 Å². The zero-order valence-electron chi connectivity index (χ0n) is 21.1. The average molecular weight is 486 g/mol. The summed E-state index contributed by atoms with van der Waals surface area (Å²) in [6.45, 7) is 3.86. The molecule has 0 unspecified atom stereocenters. The van der Waals surface area contributed by atoms with Crippen molar-refractivity contribution in [1.82, 2.24) is 9.55 Å². The summed E-state index contributed by atoms with van der Waals surface area (Å²) in [5.74, 6) is 0.924. The van der Waals surface area contributed by atoms with Crippen molar-refractivity contribution in [3.05, 3.63) is 126 Å². The van der Waals surface area contributed by atoms with Crippen LogP contribution in [-0.4, -0.2) is 15.3 Å². The Morgan fingerprint density at radius 1 is 0.811 bits per heavy atom. The van der Waals surface area contributed by atoms with E-state index < -0.39 is 0 Å². The number of hydrogen-bond acceptors (Lipinski definition) is 4. The van der Waals surface area contributed by atoms with E-state index in [1.807, 2.05) is 6.07 Å². The number of rotatable bonds is 8. The van der Waals surface area contributed by atoms with Crippen LogP contribution in [0, 0.1) is 0 Å². The van der Waals surface area contributed by atoms with Crippen molar-refractivity contribution in [3.8, 4) is 0 Å². The molecule has 2 heterocycles. The Bertz CT molecular complexity index is 1500. The van der Waals surface area contributed by atoms with E-state index in [4.69, 9.17) is 10.1 Å². The number of nitrogens with zero attached hydrogens (tertiary/aromatic N) is 4. The molecule has 1 atom stereocenters. The Morgan fingerprint density at radius 3 is 2.27 bits per heavy atom. The molecule has 37 heavy (non-hydrogen) atoms. The van der Waals surface area contributed by atoms with Gasteiger partial charge in [0.05, 0.1) is 28.5 Å². The van der Waals surface area contributed by atoms with Crippen LogP contribution in [0.4, 0.5) is 11.6 Å². The van der Waals surface area contributed by atoms with Gasteiger partial charge < -0.3 is 9.88 Å². The molecule has 0 radical (unpaired) electrons. The van der Waals surface area contributed by atoms with E-state index in [2.05, 4.69) is 125 Å². The van der Waals surface area contributed by atoms with Gasteiger partial charge >= 0.3 is 0 Å². The standard InChI is InChI=1S/C32H31N5/c1-2-21-36-30-16-10-9-15-28(30)34-32(36)33-23-24-17-19-27(20-18-24)37-31(26-13-7-4-8-14-26)22-29(35-37)25-11-5-3-6-12-25/h3-20,31H,2,21-23H2,1H3,(H,33,34)/t31-/m0/s1. The number of fused-ring (bicyclic) bond motifs is 1. The summed E-state index contributed by atoms with van der Waals surface area (Å²) in [7, 11) is 0. The zero-order chi connectivity index (χ0) is 25.0. The second kappa shape index (κ2) is 10.3. The number of benzene rings is 4. The van der Waals surface area contributed by atoms with Crippen molar-refractivity contribution < 1.29 is 0 Å². The zero-order valence-corrected chi connectivity index (χ0v) is 21.1. The molecule has 5 nitrogen and oxygen atoms in total. The number of hydrogen-bond donors (Lipinski definition) is 1. The third-order valence-electron chi connectivity index (χ3n) is 6.95. The second-order valence-electron chi connectivity index (χ2n) is 9.48. The van der Waals surface area contributed by atoms with Crippen LogP contribution >= 0.6 is 0 Å². The number of nitrogens with one attached hydrogen (secondary N) is 1. The second-order valence-corrected chi connectivity index (χ2v) is 9.48. The Labute approximate surface area is 218 Å². The molecule has 184 valence electrons. The first-order valence-corrected chi connectivity index (χ1v) is 13.1. The topological polar surface area (TPSA) is 45.5 Å². The van der Waals surface area contributed by atoms with Gasteiger partial charge in [0.2, 0.25) is 5.95 Å². The van der Waals surface area contributed by atoms with Crippen LogP contribution in [0.3, 0.4) is 0 Å². The van der Waals surface area contributed by atoms with Gasteiger partial charge in [0, 0.05) is 19.5 Å². The van der Waals surface area contributed by atoms with Crippen LogP contribution in [-0.2, 0) is 13.1 Å². The van der Waals surface area contributed by atoms with Crippen molar-refractivity contribution in [2.24, 2.45) is 5.10 Å².